The van der Waals surface area contributed by atoms with Crippen LogP contribution in [0.5, 0.6) is 0 Å². The zero-order valence-electron chi connectivity index (χ0n) is 15.2. The van der Waals surface area contributed by atoms with Gasteiger partial charge in [-0.05, 0) is 37.1 Å². The first-order chi connectivity index (χ1) is 13.5. The van der Waals surface area contributed by atoms with Crippen LogP contribution in [0.1, 0.15) is 23.2 Å². The maximum absolute atomic E-state index is 13.2. The fraction of sp³-hybridized carbons (Fsp3) is 0.316. The van der Waals surface area contributed by atoms with Gasteiger partial charge in [0, 0.05) is 26.4 Å². The second-order valence-corrected chi connectivity index (χ2v) is 6.77. The van der Waals surface area contributed by atoms with Crippen molar-refractivity contribution in [2.75, 3.05) is 13.2 Å². The molecule has 1 fully saturated rings. The Balaban J connectivity index is 1.75. The van der Waals surface area contributed by atoms with E-state index in [1.54, 1.807) is 7.05 Å². The summed E-state index contributed by atoms with van der Waals surface area (Å²) < 4.78 is 21.1. The van der Waals surface area contributed by atoms with E-state index in [4.69, 9.17) is 4.74 Å². The summed E-state index contributed by atoms with van der Waals surface area (Å²) in [7, 11) is 1.62. The molecule has 0 unspecified atom stereocenters. The fourth-order valence-corrected chi connectivity index (χ4v) is 3.48. The molecule has 3 heterocycles. The highest BCUT2D eigenvalue weighted by Gasteiger charge is 2.22. The zero-order chi connectivity index (χ0) is 19.8. The Bertz CT molecular complexity index is 1150. The Kier molecular flexibility index (Phi) is 4.60. The van der Waals surface area contributed by atoms with Crippen molar-refractivity contribution in [1.29, 1.82) is 0 Å². The molecule has 4 rings (SSSR count). The summed E-state index contributed by atoms with van der Waals surface area (Å²) in [4.78, 5) is 40.7. The third-order valence-corrected chi connectivity index (χ3v) is 4.87. The number of fused-ring (bicyclic) bond motifs is 1. The molecule has 0 spiro atoms. The van der Waals surface area contributed by atoms with Crippen molar-refractivity contribution in [3.05, 3.63) is 62.7 Å². The number of H-pyrrole nitrogens is 1. The normalized spacial score (nSPS) is 16.6. The average molecular weight is 386 g/mol. The quantitative estimate of drug-likeness (QED) is 0.701. The van der Waals surface area contributed by atoms with E-state index < -0.39 is 23.0 Å². The smallest absolute Gasteiger partial charge is 0.333 e. The number of hydrogen-bond acceptors (Lipinski definition) is 4. The van der Waals surface area contributed by atoms with Crippen LogP contribution in [0.2, 0.25) is 0 Å². The molecule has 3 aromatic rings. The van der Waals surface area contributed by atoms with Crippen LogP contribution in [0.15, 0.2) is 40.1 Å². The molecule has 1 amide bonds. The summed E-state index contributed by atoms with van der Waals surface area (Å²) in [5.74, 6) is -0.867. The number of ether oxygens (including phenoxy) is 1. The molecule has 2 N–H and O–H groups in total. The van der Waals surface area contributed by atoms with Crippen LogP contribution >= 0.6 is 0 Å². The highest BCUT2D eigenvalue weighted by atomic mass is 19.1. The maximum atomic E-state index is 13.2. The molecule has 0 bridgehead atoms. The molecule has 2 aromatic heterocycles. The van der Waals surface area contributed by atoms with E-state index in [2.05, 4.69) is 10.3 Å². The van der Waals surface area contributed by atoms with E-state index >= 15 is 0 Å². The van der Waals surface area contributed by atoms with Crippen molar-refractivity contribution >= 4 is 16.9 Å². The van der Waals surface area contributed by atoms with Crippen LogP contribution in [-0.4, -0.2) is 39.3 Å². The molecule has 0 saturated carbocycles. The van der Waals surface area contributed by atoms with Gasteiger partial charge in [-0.3, -0.25) is 9.59 Å². The zero-order valence-corrected chi connectivity index (χ0v) is 15.2. The summed E-state index contributed by atoms with van der Waals surface area (Å²) in [5.41, 5.74) is -0.516. The predicted octanol–water partition coefficient (Wildman–Crippen LogP) is 1.07. The monoisotopic (exact) mass is 386 g/mol. The molecule has 1 aromatic carbocycles. The van der Waals surface area contributed by atoms with E-state index in [1.165, 1.54) is 35.0 Å². The van der Waals surface area contributed by atoms with E-state index in [1.807, 2.05) is 0 Å². The van der Waals surface area contributed by atoms with Gasteiger partial charge in [0.25, 0.3) is 11.5 Å². The molecule has 0 radical (unpaired) electrons. The third kappa shape index (κ3) is 3.13. The maximum Gasteiger partial charge on any atom is 0.333 e. The second kappa shape index (κ2) is 7.08. The first-order valence-corrected chi connectivity index (χ1v) is 8.96. The Morgan fingerprint density at radius 1 is 1.32 bits per heavy atom. The van der Waals surface area contributed by atoms with Crippen molar-refractivity contribution in [3.63, 3.8) is 0 Å². The van der Waals surface area contributed by atoms with Crippen molar-refractivity contribution < 1.29 is 13.9 Å². The Hall–Kier alpha value is -3.20. The molecule has 8 nitrogen and oxygen atoms in total. The number of carbonyl (C=O) groups excluding carboxylic acids is 1. The summed E-state index contributed by atoms with van der Waals surface area (Å²) >= 11 is 0. The predicted molar refractivity (Wildman–Crippen MR) is 100 cm³/mol. The topological polar surface area (TPSA) is 98.1 Å². The minimum absolute atomic E-state index is 0.0197. The molecule has 1 aliphatic heterocycles. The Morgan fingerprint density at radius 3 is 2.75 bits per heavy atom. The average Bonchev–Trinajstić information content (AvgIpc) is 3.29. The largest absolute Gasteiger partial charge is 0.376 e. The standard InChI is InChI=1S/C19H19FN4O4/c1-23-10-14(17(25)21-9-13-3-2-8-28-13)15-16(23)18(26)24(19(27)22-15)12-6-4-11(20)5-7-12/h4-7,10,13H,2-3,8-9H2,1H3,(H,21,25)(H,22,27)/t13-/m0/s1. The highest BCUT2D eigenvalue weighted by molar-refractivity contribution is 6.05. The van der Waals surface area contributed by atoms with Gasteiger partial charge in [-0.2, -0.15) is 0 Å². The lowest BCUT2D eigenvalue weighted by Crippen LogP contribution is -2.35. The number of benzene rings is 1. The molecule has 0 aliphatic carbocycles. The number of aromatic amines is 1. The van der Waals surface area contributed by atoms with Crippen LogP contribution in [0, 0.1) is 5.82 Å². The van der Waals surface area contributed by atoms with Crippen LogP contribution < -0.4 is 16.6 Å². The molecule has 1 aliphatic rings. The van der Waals surface area contributed by atoms with Gasteiger partial charge in [-0.1, -0.05) is 0 Å². The van der Waals surface area contributed by atoms with E-state index in [-0.39, 0.29) is 28.4 Å². The number of carbonyl (C=O) groups is 1. The Labute approximate surface area is 158 Å². The number of halogens is 1. The van der Waals surface area contributed by atoms with Gasteiger partial charge in [0.1, 0.15) is 11.3 Å². The minimum Gasteiger partial charge on any atom is -0.376 e. The first kappa shape index (κ1) is 18.2. The van der Waals surface area contributed by atoms with Crippen LogP contribution in [0.25, 0.3) is 16.7 Å². The van der Waals surface area contributed by atoms with Gasteiger partial charge in [0.05, 0.1) is 22.9 Å². The highest BCUT2D eigenvalue weighted by Crippen LogP contribution is 2.16. The lowest BCUT2D eigenvalue weighted by atomic mass is 10.2. The molecule has 146 valence electrons. The summed E-state index contributed by atoms with van der Waals surface area (Å²) in [6, 6.07) is 5.02. The number of hydrogen-bond donors (Lipinski definition) is 2. The molecular formula is C19H19FN4O4. The molecule has 9 heteroatoms. The van der Waals surface area contributed by atoms with Crippen LogP contribution in [-0.2, 0) is 11.8 Å². The fourth-order valence-electron chi connectivity index (χ4n) is 3.48. The number of nitrogens with one attached hydrogen (secondary N) is 2. The van der Waals surface area contributed by atoms with Crippen molar-refractivity contribution in [3.8, 4) is 5.69 Å². The molecular weight excluding hydrogens is 367 g/mol. The first-order valence-electron chi connectivity index (χ1n) is 8.96. The van der Waals surface area contributed by atoms with Crippen LogP contribution in [0.4, 0.5) is 4.39 Å². The van der Waals surface area contributed by atoms with Crippen molar-refractivity contribution in [2.45, 2.75) is 18.9 Å². The third-order valence-electron chi connectivity index (χ3n) is 4.87. The van der Waals surface area contributed by atoms with Gasteiger partial charge >= 0.3 is 5.69 Å². The van der Waals surface area contributed by atoms with Crippen LogP contribution in [0.3, 0.4) is 0 Å². The minimum atomic E-state index is -0.705. The molecule has 1 saturated heterocycles. The van der Waals surface area contributed by atoms with Gasteiger partial charge in [-0.25, -0.2) is 13.8 Å². The lowest BCUT2D eigenvalue weighted by molar-refractivity contribution is 0.0859. The number of amides is 1. The SMILES string of the molecule is Cn1cc(C(=O)NC[C@@H]2CCCO2)c2[nH]c(=O)n(-c3ccc(F)cc3)c(=O)c21. The van der Waals surface area contributed by atoms with E-state index in [0.717, 1.165) is 17.4 Å². The Morgan fingerprint density at radius 2 is 2.07 bits per heavy atom. The lowest BCUT2D eigenvalue weighted by Gasteiger charge is -2.10. The van der Waals surface area contributed by atoms with E-state index in [9.17, 15) is 18.8 Å². The number of aromatic nitrogens is 3. The number of nitrogens with zero attached hydrogens (tertiary/aromatic N) is 2. The van der Waals surface area contributed by atoms with Gasteiger partial charge in [0.15, 0.2) is 0 Å². The van der Waals surface area contributed by atoms with Gasteiger partial charge in [0.2, 0.25) is 0 Å². The summed E-state index contributed by atoms with van der Waals surface area (Å²) in [6.07, 6.45) is 3.33. The summed E-state index contributed by atoms with van der Waals surface area (Å²) in [6.45, 7) is 1.05. The van der Waals surface area contributed by atoms with Crippen molar-refractivity contribution in [1.82, 2.24) is 19.4 Å². The molecule has 28 heavy (non-hydrogen) atoms. The molecule has 1 atom stereocenters. The second-order valence-electron chi connectivity index (χ2n) is 6.77. The van der Waals surface area contributed by atoms with Crippen molar-refractivity contribution in [2.24, 2.45) is 7.05 Å². The summed E-state index contributed by atoms with van der Waals surface area (Å²) in [5, 5.41) is 2.79. The van der Waals surface area contributed by atoms with Gasteiger partial charge < -0.3 is 19.6 Å². The van der Waals surface area contributed by atoms with E-state index in [0.29, 0.717) is 13.2 Å². The number of rotatable bonds is 4. The number of aryl methyl sites for hydroxylation is 1. The van der Waals surface area contributed by atoms with Gasteiger partial charge in [-0.15, -0.1) is 0 Å².